The fourth-order valence-corrected chi connectivity index (χ4v) is 3.31. The fourth-order valence-electron chi connectivity index (χ4n) is 2.33. The normalized spacial score (nSPS) is 12.3. The van der Waals surface area contributed by atoms with Gasteiger partial charge in [-0.3, -0.25) is 4.79 Å². The van der Waals surface area contributed by atoms with Gasteiger partial charge in [-0.1, -0.05) is 42.5 Å². The number of hydrogen-bond donors (Lipinski definition) is 2. The Bertz CT molecular complexity index is 824. The first kappa shape index (κ1) is 22.2. The molecule has 5 nitrogen and oxygen atoms in total. The minimum Gasteiger partial charge on any atom is -0.325 e. The second kappa shape index (κ2) is 9.71. The van der Waals surface area contributed by atoms with Crippen molar-refractivity contribution < 1.29 is 13.2 Å². The summed E-state index contributed by atoms with van der Waals surface area (Å²) in [5.41, 5.74) is 8.14. The number of hydrogen-bond acceptors (Lipinski definition) is 4. The molecule has 0 spiro atoms. The first-order chi connectivity index (χ1) is 11.8. The molecule has 2 aromatic rings. The lowest BCUT2D eigenvalue weighted by atomic mass is 10.1. The van der Waals surface area contributed by atoms with Crippen molar-refractivity contribution in [3.05, 3.63) is 65.7 Å². The number of nitrogens with one attached hydrogen (secondary N) is 1. The third kappa shape index (κ3) is 6.44. The van der Waals surface area contributed by atoms with Gasteiger partial charge in [-0.2, -0.15) is 0 Å². The van der Waals surface area contributed by atoms with Gasteiger partial charge in [-0.15, -0.1) is 12.4 Å². The molecule has 0 unspecified atom stereocenters. The molecule has 3 N–H and O–H groups in total. The molecule has 2 aromatic carbocycles. The molecule has 0 bridgehead atoms. The second-order valence-corrected chi connectivity index (χ2v) is 8.90. The standard InChI is InChI=1S/C19H24N2O3S.ClH/c1-14(2)25(23,24)13-16-9-6-10-17(11-16)21-19(22)18(20)12-15-7-4-3-5-8-15;/h3-11,14,18H,12-13,20H2,1-2H3,(H,21,22);1H/t18-;/m0./s1. The number of amides is 1. The smallest absolute Gasteiger partial charge is 0.241 e. The van der Waals surface area contributed by atoms with Gasteiger partial charge in [0.25, 0.3) is 0 Å². The summed E-state index contributed by atoms with van der Waals surface area (Å²) < 4.78 is 24.1. The topological polar surface area (TPSA) is 89.3 Å². The van der Waals surface area contributed by atoms with E-state index in [0.29, 0.717) is 17.7 Å². The maximum absolute atomic E-state index is 12.3. The van der Waals surface area contributed by atoms with Crippen molar-refractivity contribution in [2.24, 2.45) is 5.73 Å². The molecule has 26 heavy (non-hydrogen) atoms. The fraction of sp³-hybridized carbons (Fsp3) is 0.316. The Hall–Kier alpha value is -1.89. The Morgan fingerprint density at radius 3 is 2.27 bits per heavy atom. The summed E-state index contributed by atoms with van der Waals surface area (Å²) in [4.78, 5) is 12.3. The molecule has 0 saturated heterocycles. The zero-order valence-electron chi connectivity index (χ0n) is 14.9. The largest absolute Gasteiger partial charge is 0.325 e. The highest BCUT2D eigenvalue weighted by molar-refractivity contribution is 7.91. The van der Waals surface area contributed by atoms with E-state index in [1.165, 1.54) is 0 Å². The zero-order chi connectivity index (χ0) is 18.4. The van der Waals surface area contributed by atoms with E-state index in [9.17, 15) is 13.2 Å². The monoisotopic (exact) mass is 396 g/mol. The molecule has 0 fully saturated rings. The van der Waals surface area contributed by atoms with Crippen molar-refractivity contribution in [1.82, 2.24) is 0 Å². The molecule has 2 rings (SSSR count). The van der Waals surface area contributed by atoms with Gasteiger partial charge >= 0.3 is 0 Å². The summed E-state index contributed by atoms with van der Waals surface area (Å²) in [5.74, 6) is -0.350. The van der Waals surface area contributed by atoms with Crippen molar-refractivity contribution in [1.29, 1.82) is 0 Å². The van der Waals surface area contributed by atoms with Gasteiger partial charge in [0.15, 0.2) is 9.84 Å². The number of halogens is 1. The highest BCUT2D eigenvalue weighted by Gasteiger charge is 2.18. The van der Waals surface area contributed by atoms with Crippen LogP contribution in [0.5, 0.6) is 0 Å². The average molecular weight is 397 g/mol. The van der Waals surface area contributed by atoms with Crippen LogP contribution in [0.2, 0.25) is 0 Å². The Labute approximate surface area is 161 Å². The van der Waals surface area contributed by atoms with Crippen LogP contribution in [0.15, 0.2) is 54.6 Å². The van der Waals surface area contributed by atoms with E-state index in [0.717, 1.165) is 5.56 Å². The lowest BCUT2D eigenvalue weighted by molar-refractivity contribution is -0.117. The van der Waals surface area contributed by atoms with Crippen molar-refractivity contribution in [3.8, 4) is 0 Å². The lowest BCUT2D eigenvalue weighted by Crippen LogP contribution is -2.37. The molecule has 142 valence electrons. The number of sulfone groups is 1. The summed E-state index contributed by atoms with van der Waals surface area (Å²) in [5, 5.41) is 2.32. The molecular formula is C19H25ClN2O3S. The van der Waals surface area contributed by atoms with Crippen molar-refractivity contribution in [3.63, 3.8) is 0 Å². The van der Waals surface area contributed by atoms with E-state index in [1.807, 2.05) is 30.3 Å². The molecule has 0 aliphatic heterocycles. The number of anilines is 1. The number of benzene rings is 2. The Balaban J connectivity index is 0.00000338. The van der Waals surface area contributed by atoms with E-state index < -0.39 is 21.1 Å². The van der Waals surface area contributed by atoms with Gasteiger partial charge in [-0.05, 0) is 43.5 Å². The molecule has 0 radical (unpaired) electrons. The van der Waals surface area contributed by atoms with Crippen LogP contribution in [0.3, 0.4) is 0 Å². The summed E-state index contributed by atoms with van der Waals surface area (Å²) in [6, 6.07) is 15.7. The van der Waals surface area contributed by atoms with Crippen LogP contribution in [0.25, 0.3) is 0 Å². The zero-order valence-corrected chi connectivity index (χ0v) is 16.5. The molecule has 0 saturated carbocycles. The molecule has 0 aromatic heterocycles. The number of nitrogens with two attached hydrogens (primary N) is 1. The molecule has 7 heteroatoms. The maximum atomic E-state index is 12.3. The average Bonchev–Trinajstić information content (AvgIpc) is 2.55. The summed E-state index contributed by atoms with van der Waals surface area (Å²) in [6.45, 7) is 3.31. The second-order valence-electron chi connectivity index (χ2n) is 6.34. The van der Waals surface area contributed by atoms with E-state index in [2.05, 4.69) is 5.32 Å². The van der Waals surface area contributed by atoms with Crippen molar-refractivity contribution >= 4 is 33.8 Å². The first-order valence-electron chi connectivity index (χ1n) is 8.19. The molecule has 1 amide bonds. The SMILES string of the molecule is CC(C)S(=O)(=O)Cc1cccc(NC(=O)[C@@H](N)Cc2ccccc2)c1.Cl. The molecule has 0 heterocycles. The minimum atomic E-state index is -3.19. The van der Waals surface area contributed by atoms with Gasteiger partial charge in [0, 0.05) is 5.69 Å². The number of carbonyl (C=O) groups excluding carboxylic acids is 1. The van der Waals surface area contributed by atoms with Crippen LogP contribution < -0.4 is 11.1 Å². The Morgan fingerprint density at radius 2 is 1.65 bits per heavy atom. The van der Waals surface area contributed by atoms with Crippen molar-refractivity contribution in [2.45, 2.75) is 37.3 Å². The Morgan fingerprint density at radius 1 is 1.04 bits per heavy atom. The van der Waals surface area contributed by atoms with Crippen LogP contribution in [0.1, 0.15) is 25.0 Å². The third-order valence-corrected chi connectivity index (χ3v) is 6.09. The van der Waals surface area contributed by atoms with Gasteiger partial charge in [-0.25, -0.2) is 8.42 Å². The van der Waals surface area contributed by atoms with Gasteiger partial charge < -0.3 is 11.1 Å². The molecule has 0 aliphatic rings. The molecular weight excluding hydrogens is 372 g/mol. The van der Waals surface area contributed by atoms with Crippen LogP contribution in [0, 0.1) is 0 Å². The third-order valence-electron chi connectivity index (χ3n) is 3.92. The highest BCUT2D eigenvalue weighted by Crippen LogP contribution is 2.16. The van der Waals surface area contributed by atoms with E-state index in [4.69, 9.17) is 5.73 Å². The van der Waals surface area contributed by atoms with Crippen molar-refractivity contribution in [2.75, 3.05) is 5.32 Å². The molecule has 0 aliphatic carbocycles. The quantitative estimate of drug-likeness (QED) is 0.752. The predicted octanol–water partition coefficient (Wildman–Crippen LogP) is 2.94. The van der Waals surface area contributed by atoms with Gasteiger partial charge in [0.05, 0.1) is 17.0 Å². The summed E-state index contributed by atoms with van der Waals surface area (Å²) in [7, 11) is -3.19. The van der Waals surface area contributed by atoms with E-state index >= 15 is 0 Å². The van der Waals surface area contributed by atoms with Crippen LogP contribution >= 0.6 is 12.4 Å². The summed E-state index contributed by atoms with van der Waals surface area (Å²) in [6.07, 6.45) is 0.439. The Kier molecular flexibility index (Phi) is 8.27. The molecule has 1 atom stereocenters. The highest BCUT2D eigenvalue weighted by atomic mass is 35.5. The van der Waals surface area contributed by atoms with E-state index in [1.54, 1.807) is 38.1 Å². The van der Waals surface area contributed by atoms with Crippen LogP contribution in [0.4, 0.5) is 5.69 Å². The number of rotatable bonds is 7. The van der Waals surface area contributed by atoms with Crippen LogP contribution in [-0.4, -0.2) is 25.6 Å². The van der Waals surface area contributed by atoms with Crippen LogP contribution in [-0.2, 0) is 26.8 Å². The maximum Gasteiger partial charge on any atom is 0.241 e. The summed E-state index contributed by atoms with van der Waals surface area (Å²) >= 11 is 0. The van der Waals surface area contributed by atoms with Gasteiger partial charge in [0.2, 0.25) is 5.91 Å². The minimum absolute atomic E-state index is 0. The lowest BCUT2D eigenvalue weighted by Gasteiger charge is -2.13. The first-order valence-corrected chi connectivity index (χ1v) is 9.90. The predicted molar refractivity (Wildman–Crippen MR) is 108 cm³/mol. The number of carbonyl (C=O) groups is 1. The van der Waals surface area contributed by atoms with Gasteiger partial charge in [0.1, 0.15) is 0 Å². The van der Waals surface area contributed by atoms with E-state index in [-0.39, 0.29) is 24.1 Å².